The summed E-state index contributed by atoms with van der Waals surface area (Å²) in [5.41, 5.74) is 4.17. The summed E-state index contributed by atoms with van der Waals surface area (Å²) in [6.45, 7) is 1.59. The maximum absolute atomic E-state index is 12.4. The van der Waals surface area contributed by atoms with Gasteiger partial charge in [0, 0.05) is 6.04 Å². The molecule has 0 fully saturated rings. The average Bonchev–Trinajstić information content (AvgIpc) is 2.07. The van der Waals surface area contributed by atoms with Crippen LogP contribution in [0.3, 0.4) is 0 Å². The van der Waals surface area contributed by atoms with Crippen molar-refractivity contribution < 1.29 is 23.4 Å². The highest BCUT2D eigenvalue weighted by atomic mass is 19.4. The Morgan fingerprint density at radius 3 is 2.31 bits per heavy atom. The summed E-state index contributed by atoms with van der Waals surface area (Å²) in [6, 6.07) is 1.15. The van der Waals surface area contributed by atoms with Crippen LogP contribution in [0.5, 0.6) is 11.5 Å². The molecule has 3 nitrogen and oxygen atoms in total. The van der Waals surface area contributed by atoms with E-state index in [1.807, 2.05) is 0 Å². The van der Waals surface area contributed by atoms with Crippen LogP contribution >= 0.6 is 0 Å². The highest BCUT2D eigenvalue weighted by Gasteiger charge is 2.35. The third-order valence-electron chi connectivity index (χ3n) is 2.02. The van der Waals surface area contributed by atoms with Crippen molar-refractivity contribution in [3.8, 4) is 11.5 Å². The van der Waals surface area contributed by atoms with E-state index in [0.717, 1.165) is 6.07 Å². The Morgan fingerprint density at radius 1 is 1.31 bits per heavy atom. The van der Waals surface area contributed by atoms with Crippen molar-refractivity contribution in [2.75, 3.05) is 0 Å². The molecule has 0 aliphatic carbocycles. The second kappa shape index (κ2) is 4.21. The van der Waals surface area contributed by atoms with E-state index in [1.54, 1.807) is 6.92 Å². The molecule has 1 atom stereocenters. The molecule has 4 N–H and O–H groups in total. The molecular formula is C10H12F3NO2. The maximum Gasteiger partial charge on any atom is 0.420 e. The molecular weight excluding hydrogens is 223 g/mol. The molecule has 0 spiro atoms. The molecule has 0 aromatic heterocycles. The molecule has 0 saturated carbocycles. The molecule has 1 rings (SSSR count). The molecule has 0 bridgehead atoms. The molecule has 0 aliphatic rings. The van der Waals surface area contributed by atoms with Crippen molar-refractivity contribution in [2.45, 2.75) is 25.6 Å². The molecule has 1 aromatic carbocycles. The molecule has 1 unspecified atom stereocenters. The SMILES string of the molecule is CC(N)Cc1cc(O)cc(C(F)(F)F)c1O. The van der Waals surface area contributed by atoms with Gasteiger partial charge in [-0.05, 0) is 31.0 Å². The topological polar surface area (TPSA) is 66.5 Å². The number of phenolic OH excluding ortho intramolecular Hbond substituents is 2. The van der Waals surface area contributed by atoms with Crippen molar-refractivity contribution in [1.29, 1.82) is 0 Å². The van der Waals surface area contributed by atoms with E-state index in [0.29, 0.717) is 6.07 Å². The number of hydrogen-bond donors (Lipinski definition) is 3. The number of benzene rings is 1. The zero-order chi connectivity index (χ0) is 12.5. The fourth-order valence-electron chi connectivity index (χ4n) is 1.40. The van der Waals surface area contributed by atoms with Gasteiger partial charge in [0.25, 0.3) is 0 Å². The van der Waals surface area contributed by atoms with Crippen molar-refractivity contribution in [3.63, 3.8) is 0 Å². The molecule has 0 heterocycles. The minimum absolute atomic E-state index is 0.0117. The number of aromatic hydroxyl groups is 2. The third-order valence-corrected chi connectivity index (χ3v) is 2.02. The first-order valence-electron chi connectivity index (χ1n) is 4.59. The minimum atomic E-state index is -4.70. The van der Waals surface area contributed by atoms with Gasteiger partial charge in [0.2, 0.25) is 0 Å². The van der Waals surface area contributed by atoms with Gasteiger partial charge in [-0.2, -0.15) is 13.2 Å². The van der Waals surface area contributed by atoms with Crippen LogP contribution < -0.4 is 5.73 Å². The van der Waals surface area contributed by atoms with Crippen LogP contribution in [0.2, 0.25) is 0 Å². The summed E-state index contributed by atoms with van der Waals surface area (Å²) in [5, 5.41) is 18.6. The van der Waals surface area contributed by atoms with Gasteiger partial charge in [0.05, 0.1) is 0 Å². The molecule has 16 heavy (non-hydrogen) atoms. The summed E-state index contributed by atoms with van der Waals surface area (Å²) in [5.74, 6) is -1.41. The summed E-state index contributed by atoms with van der Waals surface area (Å²) in [7, 11) is 0. The lowest BCUT2D eigenvalue weighted by atomic mass is 10.0. The van der Waals surface area contributed by atoms with E-state index in [-0.39, 0.29) is 12.0 Å². The van der Waals surface area contributed by atoms with Gasteiger partial charge in [-0.25, -0.2) is 0 Å². The van der Waals surface area contributed by atoms with Gasteiger partial charge in [-0.1, -0.05) is 0 Å². The van der Waals surface area contributed by atoms with E-state index in [1.165, 1.54) is 0 Å². The Balaban J connectivity index is 3.26. The Hall–Kier alpha value is -1.43. The molecule has 0 aliphatic heterocycles. The summed E-state index contributed by atoms with van der Waals surface area (Å²) in [4.78, 5) is 0. The third kappa shape index (κ3) is 2.79. The standard InChI is InChI=1S/C10H12F3NO2/c1-5(14)2-6-3-7(15)4-8(9(6)16)10(11,12)13/h3-5,15-16H,2,14H2,1H3. The maximum atomic E-state index is 12.4. The predicted octanol–water partition coefficient (Wildman–Crippen LogP) is 2.01. The molecule has 1 aromatic rings. The van der Waals surface area contributed by atoms with E-state index < -0.39 is 29.3 Å². The summed E-state index contributed by atoms with van der Waals surface area (Å²) >= 11 is 0. The minimum Gasteiger partial charge on any atom is -0.508 e. The van der Waals surface area contributed by atoms with E-state index in [4.69, 9.17) is 10.8 Å². The monoisotopic (exact) mass is 235 g/mol. The number of nitrogens with two attached hydrogens (primary N) is 1. The first-order chi connectivity index (χ1) is 7.21. The molecule has 6 heteroatoms. The highest BCUT2D eigenvalue weighted by Crippen LogP contribution is 2.40. The van der Waals surface area contributed by atoms with Crippen molar-refractivity contribution >= 4 is 0 Å². The molecule has 0 amide bonds. The number of hydrogen-bond acceptors (Lipinski definition) is 3. The van der Waals surface area contributed by atoms with Crippen LogP contribution in [0.25, 0.3) is 0 Å². The number of halogens is 3. The zero-order valence-corrected chi connectivity index (χ0v) is 8.54. The number of alkyl halides is 3. The molecule has 0 radical (unpaired) electrons. The van der Waals surface area contributed by atoms with Crippen molar-refractivity contribution in [1.82, 2.24) is 0 Å². The van der Waals surface area contributed by atoms with E-state index in [9.17, 15) is 18.3 Å². The number of phenols is 2. The lowest BCUT2D eigenvalue weighted by Gasteiger charge is -2.14. The second-order valence-electron chi connectivity index (χ2n) is 3.68. The quantitative estimate of drug-likeness (QED) is 0.687. The molecule has 0 saturated heterocycles. The Kier molecular flexibility index (Phi) is 3.32. The van der Waals surface area contributed by atoms with Gasteiger partial charge in [0.1, 0.15) is 17.1 Å². The van der Waals surface area contributed by atoms with E-state index >= 15 is 0 Å². The zero-order valence-electron chi connectivity index (χ0n) is 8.54. The average molecular weight is 235 g/mol. The van der Waals surface area contributed by atoms with Crippen molar-refractivity contribution in [2.24, 2.45) is 5.73 Å². The first kappa shape index (κ1) is 12.6. The van der Waals surface area contributed by atoms with Gasteiger partial charge >= 0.3 is 6.18 Å². The van der Waals surface area contributed by atoms with Crippen LogP contribution in [0.4, 0.5) is 13.2 Å². The normalized spacial score (nSPS) is 13.8. The van der Waals surface area contributed by atoms with E-state index in [2.05, 4.69) is 0 Å². The van der Waals surface area contributed by atoms with Gasteiger partial charge in [-0.15, -0.1) is 0 Å². The fraction of sp³-hybridized carbons (Fsp3) is 0.400. The first-order valence-corrected chi connectivity index (χ1v) is 4.59. The predicted molar refractivity (Wildman–Crippen MR) is 52.1 cm³/mol. The smallest absolute Gasteiger partial charge is 0.420 e. The Morgan fingerprint density at radius 2 is 1.88 bits per heavy atom. The van der Waals surface area contributed by atoms with Crippen LogP contribution in [0, 0.1) is 0 Å². The summed E-state index contributed by atoms with van der Waals surface area (Å²) in [6.07, 6.45) is -4.64. The molecule has 90 valence electrons. The lowest BCUT2D eigenvalue weighted by Crippen LogP contribution is -2.18. The highest BCUT2D eigenvalue weighted by molar-refractivity contribution is 5.47. The van der Waals surface area contributed by atoms with Gasteiger partial charge < -0.3 is 15.9 Å². The van der Waals surface area contributed by atoms with Crippen LogP contribution in [-0.2, 0) is 12.6 Å². The second-order valence-corrected chi connectivity index (χ2v) is 3.68. The van der Waals surface area contributed by atoms with Gasteiger partial charge in [-0.3, -0.25) is 0 Å². The fourth-order valence-corrected chi connectivity index (χ4v) is 1.40. The summed E-state index contributed by atoms with van der Waals surface area (Å²) < 4.78 is 37.3. The van der Waals surface area contributed by atoms with Crippen molar-refractivity contribution in [3.05, 3.63) is 23.3 Å². The van der Waals surface area contributed by atoms with Crippen LogP contribution in [0.1, 0.15) is 18.1 Å². The van der Waals surface area contributed by atoms with Crippen LogP contribution in [0.15, 0.2) is 12.1 Å². The number of rotatable bonds is 2. The lowest BCUT2D eigenvalue weighted by molar-refractivity contribution is -0.138. The Labute approximate surface area is 90.3 Å². The van der Waals surface area contributed by atoms with Crippen LogP contribution in [-0.4, -0.2) is 16.3 Å². The van der Waals surface area contributed by atoms with Gasteiger partial charge in [0.15, 0.2) is 0 Å². The Bertz CT molecular complexity index is 388. The largest absolute Gasteiger partial charge is 0.508 e.